The minimum atomic E-state index is -0.206. The number of ether oxygens (including phenoxy) is 2. The summed E-state index contributed by atoms with van der Waals surface area (Å²) in [7, 11) is 0. The van der Waals surface area contributed by atoms with Crippen LogP contribution >= 0.6 is 0 Å². The minimum Gasteiger partial charge on any atom is -0.477 e. The number of aromatic amines is 1. The molecule has 1 saturated heterocycles. The largest absolute Gasteiger partial charge is 0.477 e. The third kappa shape index (κ3) is 4.88. The number of H-pyrrole nitrogens is 1. The van der Waals surface area contributed by atoms with Gasteiger partial charge in [0.25, 0.3) is 5.56 Å². The van der Waals surface area contributed by atoms with Gasteiger partial charge in [-0.3, -0.25) is 9.78 Å². The lowest BCUT2D eigenvalue weighted by molar-refractivity contribution is 0.122. The van der Waals surface area contributed by atoms with Crippen LogP contribution in [0.5, 0.6) is 5.88 Å². The fourth-order valence-electron chi connectivity index (χ4n) is 3.65. The molecule has 9 nitrogen and oxygen atoms in total. The molecule has 4 heterocycles. The molecule has 5 rings (SSSR count). The van der Waals surface area contributed by atoms with Crippen LogP contribution in [-0.2, 0) is 11.2 Å². The highest BCUT2D eigenvalue weighted by Gasteiger charge is 2.24. The second kappa shape index (κ2) is 10.2. The number of rotatable bonds is 4. The van der Waals surface area contributed by atoms with Crippen molar-refractivity contribution in [1.82, 2.24) is 19.9 Å². The number of benzene rings is 1. The molecule has 2 N–H and O–H groups in total. The van der Waals surface area contributed by atoms with Crippen LogP contribution in [0.2, 0.25) is 0 Å². The van der Waals surface area contributed by atoms with Crippen LogP contribution in [0.15, 0.2) is 41.3 Å². The SMILES string of the molecule is CC.O=c1ccnc(Nc2ccc(-c3nc4c(c(N5CCOCC5)n3)CCCO4)cc2)[nH]1. The lowest BCUT2D eigenvalue weighted by Gasteiger charge is -2.31. The summed E-state index contributed by atoms with van der Waals surface area (Å²) in [4.78, 5) is 30.0. The molecule has 0 atom stereocenters. The third-order valence-electron chi connectivity index (χ3n) is 5.14. The number of fused-ring (bicyclic) bond motifs is 1. The monoisotopic (exact) mass is 436 g/mol. The fraction of sp³-hybridized carbons (Fsp3) is 0.391. The van der Waals surface area contributed by atoms with Crippen LogP contribution in [0.1, 0.15) is 25.8 Å². The molecule has 0 aliphatic carbocycles. The van der Waals surface area contributed by atoms with E-state index >= 15 is 0 Å². The summed E-state index contributed by atoms with van der Waals surface area (Å²) in [5, 5.41) is 3.08. The first-order chi connectivity index (χ1) is 15.8. The van der Waals surface area contributed by atoms with Gasteiger partial charge in [0.15, 0.2) is 5.82 Å². The summed E-state index contributed by atoms with van der Waals surface area (Å²) in [6.07, 6.45) is 3.36. The smallest absolute Gasteiger partial charge is 0.252 e. The highest BCUT2D eigenvalue weighted by atomic mass is 16.5. The van der Waals surface area contributed by atoms with Crippen molar-refractivity contribution in [2.75, 3.05) is 43.1 Å². The Labute approximate surface area is 186 Å². The van der Waals surface area contributed by atoms with Crippen LogP contribution in [-0.4, -0.2) is 52.8 Å². The molecule has 32 heavy (non-hydrogen) atoms. The first-order valence-electron chi connectivity index (χ1n) is 11.1. The summed E-state index contributed by atoms with van der Waals surface area (Å²) in [6.45, 7) is 7.70. The summed E-state index contributed by atoms with van der Waals surface area (Å²) in [5.74, 6) is 2.66. The zero-order valence-electron chi connectivity index (χ0n) is 18.4. The first kappa shape index (κ1) is 21.8. The van der Waals surface area contributed by atoms with Crippen molar-refractivity contribution in [2.24, 2.45) is 0 Å². The van der Waals surface area contributed by atoms with Crippen molar-refractivity contribution in [3.8, 4) is 17.3 Å². The number of morpholine rings is 1. The first-order valence-corrected chi connectivity index (χ1v) is 11.1. The van der Waals surface area contributed by atoms with Crippen LogP contribution < -0.4 is 20.5 Å². The number of hydrogen-bond donors (Lipinski definition) is 2. The molecule has 0 saturated carbocycles. The molecule has 0 radical (unpaired) electrons. The van der Waals surface area contributed by atoms with Gasteiger partial charge in [-0.25, -0.2) is 9.97 Å². The maximum atomic E-state index is 11.4. The van der Waals surface area contributed by atoms with E-state index in [2.05, 4.69) is 20.2 Å². The molecule has 3 aromatic rings. The van der Waals surface area contributed by atoms with Crippen molar-refractivity contribution in [1.29, 1.82) is 0 Å². The molecule has 168 valence electrons. The standard InChI is InChI=1S/C21H22N6O3.C2H6/c28-17-7-8-22-21(24-17)23-15-5-3-14(4-6-15)18-25-19(27-9-12-29-13-10-27)16-2-1-11-30-20(16)26-18;1-2/h3-8H,1-2,9-13H2,(H2,22,23,24,28);1-2H3. The van der Waals surface area contributed by atoms with Gasteiger partial charge in [-0.05, 0) is 37.1 Å². The highest BCUT2D eigenvalue weighted by Crippen LogP contribution is 2.34. The van der Waals surface area contributed by atoms with E-state index in [1.165, 1.54) is 12.3 Å². The lowest BCUT2D eigenvalue weighted by Crippen LogP contribution is -2.38. The van der Waals surface area contributed by atoms with Gasteiger partial charge < -0.3 is 19.7 Å². The number of nitrogens with zero attached hydrogens (tertiary/aromatic N) is 4. The van der Waals surface area contributed by atoms with Gasteiger partial charge in [-0.1, -0.05) is 13.8 Å². The molecule has 2 aliphatic rings. The van der Waals surface area contributed by atoms with E-state index in [1.54, 1.807) is 0 Å². The quantitative estimate of drug-likeness (QED) is 0.643. The van der Waals surface area contributed by atoms with Crippen molar-refractivity contribution in [3.63, 3.8) is 0 Å². The molecule has 0 spiro atoms. The van der Waals surface area contributed by atoms with E-state index in [4.69, 9.17) is 19.4 Å². The molecule has 0 amide bonds. The zero-order chi connectivity index (χ0) is 22.3. The van der Waals surface area contributed by atoms with Crippen LogP contribution in [0.25, 0.3) is 11.4 Å². The summed E-state index contributed by atoms with van der Waals surface area (Å²) in [6, 6.07) is 9.06. The Morgan fingerprint density at radius 2 is 1.81 bits per heavy atom. The molecule has 1 fully saturated rings. The van der Waals surface area contributed by atoms with E-state index < -0.39 is 0 Å². The van der Waals surface area contributed by atoms with Gasteiger partial charge in [0.05, 0.1) is 25.4 Å². The highest BCUT2D eigenvalue weighted by molar-refractivity contribution is 5.66. The second-order valence-corrected chi connectivity index (χ2v) is 7.19. The Morgan fingerprint density at radius 1 is 1.03 bits per heavy atom. The van der Waals surface area contributed by atoms with Crippen molar-refractivity contribution < 1.29 is 9.47 Å². The van der Waals surface area contributed by atoms with Crippen LogP contribution in [0, 0.1) is 0 Å². The summed E-state index contributed by atoms with van der Waals surface area (Å²) in [5.41, 5.74) is 2.57. The minimum absolute atomic E-state index is 0.206. The van der Waals surface area contributed by atoms with Crippen molar-refractivity contribution in [2.45, 2.75) is 26.7 Å². The van der Waals surface area contributed by atoms with E-state index in [0.717, 1.165) is 48.6 Å². The fourth-order valence-corrected chi connectivity index (χ4v) is 3.65. The van der Waals surface area contributed by atoms with E-state index in [0.29, 0.717) is 37.5 Å². The predicted octanol–water partition coefficient (Wildman–Crippen LogP) is 3.16. The number of anilines is 3. The molecule has 2 aromatic heterocycles. The predicted molar refractivity (Wildman–Crippen MR) is 124 cm³/mol. The summed E-state index contributed by atoms with van der Waals surface area (Å²) >= 11 is 0. The van der Waals surface area contributed by atoms with Gasteiger partial charge in [0.1, 0.15) is 5.82 Å². The van der Waals surface area contributed by atoms with E-state index in [1.807, 2.05) is 38.1 Å². The van der Waals surface area contributed by atoms with Gasteiger partial charge >= 0.3 is 0 Å². The molecule has 0 unspecified atom stereocenters. The van der Waals surface area contributed by atoms with Crippen molar-refractivity contribution >= 4 is 17.5 Å². The van der Waals surface area contributed by atoms with Crippen LogP contribution in [0.4, 0.5) is 17.5 Å². The van der Waals surface area contributed by atoms with Gasteiger partial charge in [-0.2, -0.15) is 4.98 Å². The van der Waals surface area contributed by atoms with Gasteiger partial charge in [0.2, 0.25) is 11.8 Å². The molecule has 2 aliphatic heterocycles. The Kier molecular flexibility index (Phi) is 6.96. The Morgan fingerprint density at radius 3 is 2.56 bits per heavy atom. The summed E-state index contributed by atoms with van der Waals surface area (Å²) < 4.78 is 11.4. The van der Waals surface area contributed by atoms with E-state index in [-0.39, 0.29) is 5.56 Å². The van der Waals surface area contributed by atoms with E-state index in [9.17, 15) is 4.79 Å². The van der Waals surface area contributed by atoms with Gasteiger partial charge in [0, 0.05) is 36.6 Å². The van der Waals surface area contributed by atoms with Gasteiger partial charge in [-0.15, -0.1) is 0 Å². The molecular formula is C23H28N6O3. The second-order valence-electron chi connectivity index (χ2n) is 7.19. The molecule has 1 aromatic carbocycles. The zero-order valence-corrected chi connectivity index (χ0v) is 18.4. The topological polar surface area (TPSA) is 105 Å². The average molecular weight is 437 g/mol. The maximum absolute atomic E-state index is 11.4. The normalized spacial score (nSPS) is 15.1. The maximum Gasteiger partial charge on any atom is 0.252 e. The van der Waals surface area contributed by atoms with Crippen molar-refractivity contribution in [3.05, 3.63) is 52.4 Å². The average Bonchev–Trinajstić information content (AvgIpc) is 2.86. The molecule has 0 bridgehead atoms. The molecule has 9 heteroatoms. The number of aromatic nitrogens is 4. The third-order valence-corrected chi connectivity index (χ3v) is 5.14. The number of hydrogen-bond acceptors (Lipinski definition) is 8. The Bertz CT molecular complexity index is 1090. The van der Waals surface area contributed by atoms with Crippen LogP contribution in [0.3, 0.4) is 0 Å². The Hall–Kier alpha value is -3.46. The number of nitrogens with one attached hydrogen (secondary N) is 2. The Balaban J connectivity index is 0.00000119. The molecular weight excluding hydrogens is 408 g/mol. The lowest BCUT2D eigenvalue weighted by atomic mass is 10.1.